The SMILES string of the molecule is C/C=C\N(CI)c1cc(C)nc2c(OCc3c(Cl)cncc3SCC(=O)OC)cccc12. The Labute approximate surface area is 210 Å². The number of para-hydroxylation sites is 1. The van der Waals surface area contributed by atoms with Gasteiger partial charge >= 0.3 is 5.97 Å². The average molecular weight is 584 g/mol. The van der Waals surface area contributed by atoms with Crippen LogP contribution in [-0.4, -0.2) is 33.4 Å². The number of hydrogen-bond acceptors (Lipinski definition) is 7. The third-order valence-corrected chi connectivity index (χ3v) is 6.69. The van der Waals surface area contributed by atoms with Gasteiger partial charge in [-0.25, -0.2) is 4.98 Å². The normalized spacial score (nSPS) is 11.2. The minimum absolute atomic E-state index is 0.168. The van der Waals surface area contributed by atoms with Crippen molar-refractivity contribution in [1.82, 2.24) is 9.97 Å². The zero-order valence-electron chi connectivity index (χ0n) is 18.0. The van der Waals surface area contributed by atoms with E-state index < -0.39 is 0 Å². The molecule has 1 aromatic carbocycles. The lowest BCUT2D eigenvalue weighted by Gasteiger charge is -2.21. The minimum Gasteiger partial charge on any atom is -0.487 e. The van der Waals surface area contributed by atoms with E-state index in [-0.39, 0.29) is 18.3 Å². The van der Waals surface area contributed by atoms with Gasteiger partial charge in [-0.3, -0.25) is 9.78 Å². The van der Waals surface area contributed by atoms with Gasteiger partial charge in [0.15, 0.2) is 0 Å². The summed E-state index contributed by atoms with van der Waals surface area (Å²) in [5, 5.41) is 1.48. The molecule has 32 heavy (non-hydrogen) atoms. The molecule has 0 spiro atoms. The smallest absolute Gasteiger partial charge is 0.315 e. The first-order chi connectivity index (χ1) is 15.5. The van der Waals surface area contributed by atoms with Gasteiger partial charge < -0.3 is 14.4 Å². The molecule has 0 atom stereocenters. The molecule has 0 fully saturated rings. The molecule has 168 valence electrons. The summed E-state index contributed by atoms with van der Waals surface area (Å²) < 4.78 is 11.7. The molecule has 0 N–H and O–H groups in total. The van der Waals surface area contributed by atoms with Gasteiger partial charge in [0.1, 0.15) is 17.9 Å². The third-order valence-electron chi connectivity index (χ3n) is 4.59. The number of allylic oxidation sites excluding steroid dienone is 1. The van der Waals surface area contributed by atoms with Crippen molar-refractivity contribution in [3.63, 3.8) is 0 Å². The fourth-order valence-electron chi connectivity index (χ4n) is 3.10. The van der Waals surface area contributed by atoms with Crippen molar-refractivity contribution in [2.24, 2.45) is 0 Å². The van der Waals surface area contributed by atoms with Crippen LogP contribution in [0.25, 0.3) is 10.9 Å². The first-order valence-electron chi connectivity index (χ1n) is 9.79. The van der Waals surface area contributed by atoms with Gasteiger partial charge in [-0.1, -0.05) is 52.4 Å². The van der Waals surface area contributed by atoms with E-state index in [9.17, 15) is 4.79 Å². The fraction of sp³-hybridized carbons (Fsp3) is 0.261. The molecule has 0 unspecified atom stereocenters. The monoisotopic (exact) mass is 583 g/mol. The highest BCUT2D eigenvalue weighted by atomic mass is 127. The van der Waals surface area contributed by atoms with E-state index in [4.69, 9.17) is 26.1 Å². The summed E-state index contributed by atoms with van der Waals surface area (Å²) >= 11 is 10.1. The Kier molecular flexibility index (Phi) is 9.01. The molecular formula is C23H23ClIN3O3S. The lowest BCUT2D eigenvalue weighted by molar-refractivity contribution is -0.137. The number of thioether (sulfide) groups is 1. The topological polar surface area (TPSA) is 64.5 Å². The van der Waals surface area contributed by atoms with E-state index in [2.05, 4.69) is 44.7 Å². The van der Waals surface area contributed by atoms with Crippen molar-refractivity contribution in [2.75, 3.05) is 22.3 Å². The largest absolute Gasteiger partial charge is 0.487 e. The van der Waals surface area contributed by atoms with E-state index in [1.165, 1.54) is 18.9 Å². The molecule has 0 radical (unpaired) electrons. The van der Waals surface area contributed by atoms with Crippen molar-refractivity contribution in [1.29, 1.82) is 0 Å². The molecule has 2 heterocycles. The highest BCUT2D eigenvalue weighted by molar-refractivity contribution is 14.1. The molecule has 2 aromatic heterocycles. The first kappa shape index (κ1) is 24.6. The van der Waals surface area contributed by atoms with Gasteiger partial charge in [0.2, 0.25) is 0 Å². The van der Waals surface area contributed by atoms with Gasteiger partial charge in [-0.05, 0) is 26.0 Å². The third kappa shape index (κ3) is 5.85. The molecule has 0 amide bonds. The van der Waals surface area contributed by atoms with Crippen LogP contribution in [0.4, 0.5) is 5.69 Å². The maximum absolute atomic E-state index is 11.6. The number of alkyl halides is 1. The van der Waals surface area contributed by atoms with Crippen molar-refractivity contribution < 1.29 is 14.3 Å². The predicted molar refractivity (Wildman–Crippen MR) is 139 cm³/mol. The number of rotatable bonds is 9. The van der Waals surface area contributed by atoms with Crippen molar-refractivity contribution in [3.05, 3.63) is 65.2 Å². The standard InChI is InChI=1S/C23H23ClIN3O3S/c1-4-8-28(14-25)19-9-15(2)27-23-16(19)6-5-7-20(23)31-12-17-18(24)10-26-11-21(17)32-13-22(29)30-3/h4-11H,12-14H2,1-3H3/b8-4-. The highest BCUT2D eigenvalue weighted by Gasteiger charge is 2.15. The first-order valence-corrected chi connectivity index (χ1v) is 12.7. The van der Waals surface area contributed by atoms with Crippen LogP contribution in [0, 0.1) is 6.92 Å². The fourth-order valence-corrected chi connectivity index (χ4v) is 4.83. The Morgan fingerprint density at radius 3 is 2.88 bits per heavy atom. The van der Waals surface area contributed by atoms with Crippen LogP contribution in [0.5, 0.6) is 5.75 Å². The van der Waals surface area contributed by atoms with Crippen LogP contribution in [0.1, 0.15) is 18.2 Å². The Bertz CT molecular complexity index is 1140. The van der Waals surface area contributed by atoms with Crippen molar-refractivity contribution in [3.8, 4) is 5.75 Å². The number of aryl methyl sites for hydroxylation is 1. The van der Waals surface area contributed by atoms with Crippen LogP contribution < -0.4 is 9.64 Å². The molecule has 6 nitrogen and oxygen atoms in total. The summed E-state index contributed by atoms with van der Waals surface area (Å²) in [4.78, 5) is 23.4. The number of hydrogen-bond donors (Lipinski definition) is 0. The summed E-state index contributed by atoms with van der Waals surface area (Å²) in [5.74, 6) is 0.517. The van der Waals surface area contributed by atoms with Crippen molar-refractivity contribution in [2.45, 2.75) is 25.3 Å². The second-order valence-electron chi connectivity index (χ2n) is 6.76. The van der Waals surface area contributed by atoms with Gasteiger partial charge in [0.25, 0.3) is 0 Å². The maximum atomic E-state index is 11.6. The zero-order valence-corrected chi connectivity index (χ0v) is 21.7. The number of ether oxygens (including phenoxy) is 2. The molecule has 0 saturated heterocycles. The summed E-state index contributed by atoms with van der Waals surface area (Å²) in [6, 6.07) is 7.98. The van der Waals surface area contributed by atoms with Crippen LogP contribution in [0.3, 0.4) is 0 Å². The summed E-state index contributed by atoms with van der Waals surface area (Å²) in [6.45, 7) is 4.19. The average Bonchev–Trinajstić information content (AvgIpc) is 2.80. The minimum atomic E-state index is -0.316. The Morgan fingerprint density at radius 1 is 1.34 bits per heavy atom. The van der Waals surface area contributed by atoms with Crippen LogP contribution in [0.2, 0.25) is 5.02 Å². The number of carbonyl (C=O) groups excluding carboxylic acids is 1. The number of halogens is 2. The number of carbonyl (C=O) groups is 1. The molecule has 9 heteroatoms. The molecule has 0 bridgehead atoms. The molecule has 0 saturated carbocycles. The summed E-state index contributed by atoms with van der Waals surface area (Å²) in [6.07, 6.45) is 7.31. The van der Waals surface area contributed by atoms with E-state index in [1.54, 1.807) is 12.4 Å². The number of methoxy groups -OCH3 is 1. The maximum Gasteiger partial charge on any atom is 0.315 e. The van der Waals surface area contributed by atoms with E-state index in [0.29, 0.717) is 10.8 Å². The molecule has 0 aliphatic rings. The quantitative estimate of drug-likeness (QED) is 0.0982. The van der Waals surface area contributed by atoms with Crippen LogP contribution >= 0.6 is 46.0 Å². The molecule has 3 rings (SSSR count). The predicted octanol–water partition coefficient (Wildman–Crippen LogP) is 6.17. The van der Waals surface area contributed by atoms with Gasteiger partial charge in [0.05, 0.1) is 28.1 Å². The number of pyridine rings is 2. The van der Waals surface area contributed by atoms with Crippen molar-refractivity contribution >= 4 is 68.5 Å². The number of fused-ring (bicyclic) bond motifs is 1. The number of anilines is 1. The van der Waals surface area contributed by atoms with Crippen LogP contribution in [-0.2, 0) is 16.1 Å². The van der Waals surface area contributed by atoms with E-state index in [0.717, 1.165) is 37.3 Å². The molecule has 3 aromatic rings. The Hall–Kier alpha value is -2.04. The number of benzene rings is 1. The highest BCUT2D eigenvalue weighted by Crippen LogP contribution is 2.34. The van der Waals surface area contributed by atoms with E-state index >= 15 is 0 Å². The lowest BCUT2D eigenvalue weighted by Crippen LogP contribution is -2.13. The summed E-state index contributed by atoms with van der Waals surface area (Å²) in [5.41, 5.74) is 3.53. The number of nitrogens with zero attached hydrogens (tertiary/aromatic N) is 3. The Balaban J connectivity index is 1.94. The van der Waals surface area contributed by atoms with Gasteiger partial charge in [-0.15, -0.1) is 11.8 Å². The van der Waals surface area contributed by atoms with Gasteiger partial charge in [0, 0.05) is 40.1 Å². The summed E-state index contributed by atoms with van der Waals surface area (Å²) in [7, 11) is 1.36. The van der Waals surface area contributed by atoms with E-state index in [1.807, 2.05) is 38.1 Å². The van der Waals surface area contributed by atoms with Gasteiger partial charge in [-0.2, -0.15) is 0 Å². The molecule has 0 aliphatic carbocycles. The molecular weight excluding hydrogens is 561 g/mol. The lowest BCUT2D eigenvalue weighted by atomic mass is 10.1. The second-order valence-corrected chi connectivity index (χ2v) is 8.86. The second kappa shape index (κ2) is 11.7. The number of esters is 1. The molecule has 0 aliphatic heterocycles. The number of aromatic nitrogens is 2. The zero-order chi connectivity index (χ0) is 23.1. The van der Waals surface area contributed by atoms with Crippen LogP contribution in [0.15, 0.2) is 53.8 Å². The Morgan fingerprint density at radius 2 is 2.16 bits per heavy atom.